The second-order valence-electron chi connectivity index (χ2n) is 4.76. The van der Waals surface area contributed by atoms with Crippen LogP contribution in [0.1, 0.15) is 5.56 Å². The Kier molecular flexibility index (Phi) is 15.8. The zero-order valence-corrected chi connectivity index (χ0v) is 16.4. The van der Waals surface area contributed by atoms with Crippen molar-refractivity contribution >= 4 is 13.8 Å². The maximum atomic E-state index is 11.3. The molecule has 0 spiro atoms. The first-order chi connectivity index (χ1) is 12.5. The van der Waals surface area contributed by atoms with E-state index in [9.17, 15) is 7.10 Å². The van der Waals surface area contributed by atoms with Crippen LogP contribution in [0.25, 0.3) is 0 Å². The van der Waals surface area contributed by atoms with E-state index in [0.29, 0.717) is 62.8 Å². The van der Waals surface area contributed by atoms with Crippen molar-refractivity contribution in [1.29, 1.82) is 10.5 Å². The van der Waals surface area contributed by atoms with Crippen molar-refractivity contribution < 1.29 is 26.1 Å². The molecule has 0 unspecified atom stereocenters. The summed E-state index contributed by atoms with van der Waals surface area (Å²) in [5.74, 6) is 0. The van der Waals surface area contributed by atoms with Crippen molar-refractivity contribution in [1.82, 2.24) is 0 Å². The number of nitrogens with zero attached hydrogens (tertiary/aromatic N) is 2. The van der Waals surface area contributed by atoms with Gasteiger partial charge in [-0.25, -0.2) is 0 Å². The number of aryl methyl sites for hydroxylation is 1. The molecule has 0 bridgehead atoms. The summed E-state index contributed by atoms with van der Waals surface area (Å²) in [4.78, 5) is 1.31. The molecular formula is C17H24F2N2O4Se. The third kappa shape index (κ3) is 17.2. The molecule has 1 aliphatic rings. The molecule has 0 aromatic heterocycles. The maximum absolute atomic E-state index is 11.3. The minimum atomic E-state index is -5.19. The average molecular weight is 437 g/mol. The third-order valence-electron chi connectivity index (χ3n) is 2.66. The SMILES string of the molecule is C1COCCOCCOCCO1.Cc1ccccc1.N#C[Se](F)(F)C#N. The normalized spacial score (nSPS) is 16.5. The van der Waals surface area contributed by atoms with E-state index < -0.39 is 13.8 Å². The van der Waals surface area contributed by atoms with Gasteiger partial charge in [-0.05, 0) is 6.92 Å². The molecule has 146 valence electrons. The van der Waals surface area contributed by atoms with E-state index in [1.807, 2.05) is 18.2 Å². The Morgan fingerprint density at radius 3 is 1.19 bits per heavy atom. The molecule has 0 saturated carbocycles. The summed E-state index contributed by atoms with van der Waals surface area (Å²) < 4.78 is 43.5. The van der Waals surface area contributed by atoms with E-state index >= 15 is 0 Å². The Balaban J connectivity index is 0.000000385. The van der Waals surface area contributed by atoms with Gasteiger partial charge < -0.3 is 18.9 Å². The molecule has 1 fully saturated rings. The molecule has 0 atom stereocenters. The van der Waals surface area contributed by atoms with E-state index in [1.54, 1.807) is 0 Å². The topological polar surface area (TPSA) is 84.5 Å². The van der Waals surface area contributed by atoms with Gasteiger partial charge in [-0.1, -0.05) is 35.9 Å². The van der Waals surface area contributed by atoms with Gasteiger partial charge in [0.1, 0.15) is 0 Å². The fraction of sp³-hybridized carbons (Fsp3) is 0.529. The van der Waals surface area contributed by atoms with Crippen molar-refractivity contribution in [3.05, 3.63) is 35.9 Å². The molecule has 1 aliphatic heterocycles. The van der Waals surface area contributed by atoms with Crippen LogP contribution >= 0.6 is 0 Å². The van der Waals surface area contributed by atoms with Gasteiger partial charge >= 0.3 is 41.3 Å². The molecule has 0 radical (unpaired) electrons. The van der Waals surface area contributed by atoms with Gasteiger partial charge in [0.2, 0.25) is 0 Å². The second kappa shape index (κ2) is 16.9. The van der Waals surface area contributed by atoms with E-state index in [-0.39, 0.29) is 0 Å². The third-order valence-corrected chi connectivity index (χ3v) is 3.62. The first kappa shape index (κ1) is 24.4. The summed E-state index contributed by atoms with van der Waals surface area (Å²) in [6.45, 7) is 7.22. The van der Waals surface area contributed by atoms with Gasteiger partial charge in [-0.15, -0.1) is 0 Å². The van der Waals surface area contributed by atoms with Crippen LogP contribution in [0.5, 0.6) is 0 Å². The Labute approximate surface area is 156 Å². The van der Waals surface area contributed by atoms with E-state index in [4.69, 9.17) is 29.5 Å². The number of benzene rings is 1. The Morgan fingerprint density at radius 2 is 1.04 bits per heavy atom. The molecule has 0 aliphatic carbocycles. The van der Waals surface area contributed by atoms with Crippen LogP contribution in [-0.2, 0) is 18.9 Å². The molecule has 26 heavy (non-hydrogen) atoms. The number of hydrogen-bond acceptors (Lipinski definition) is 6. The molecular weight excluding hydrogens is 413 g/mol. The second-order valence-corrected chi connectivity index (χ2v) is 7.49. The number of halogens is 2. The van der Waals surface area contributed by atoms with Crippen LogP contribution in [-0.4, -0.2) is 66.6 Å². The number of hydrogen-bond donors (Lipinski definition) is 0. The van der Waals surface area contributed by atoms with Crippen LogP contribution in [0.3, 0.4) is 0 Å². The van der Waals surface area contributed by atoms with Gasteiger partial charge in [-0.2, -0.15) is 0 Å². The summed E-state index contributed by atoms with van der Waals surface area (Å²) in [7, 11) is 0. The van der Waals surface area contributed by atoms with Crippen molar-refractivity contribution in [2.45, 2.75) is 6.92 Å². The van der Waals surface area contributed by atoms with Gasteiger partial charge in [0, 0.05) is 0 Å². The Morgan fingerprint density at radius 1 is 0.731 bits per heavy atom. The molecule has 9 heteroatoms. The first-order valence-electron chi connectivity index (χ1n) is 7.88. The van der Waals surface area contributed by atoms with E-state index in [0.717, 1.165) is 0 Å². The molecule has 2 rings (SSSR count). The van der Waals surface area contributed by atoms with Crippen LogP contribution in [0.4, 0.5) is 7.10 Å². The van der Waals surface area contributed by atoms with E-state index in [1.165, 1.54) is 5.56 Å². The number of ether oxygens (including phenoxy) is 4. The molecule has 0 amide bonds. The van der Waals surface area contributed by atoms with Crippen LogP contribution in [0, 0.1) is 27.4 Å². The monoisotopic (exact) mass is 438 g/mol. The zero-order valence-electron chi connectivity index (χ0n) is 14.7. The first-order valence-corrected chi connectivity index (χ1v) is 10.9. The summed E-state index contributed by atoms with van der Waals surface area (Å²) >= 11 is -5.19. The van der Waals surface area contributed by atoms with Crippen LogP contribution < -0.4 is 0 Å². The summed E-state index contributed by atoms with van der Waals surface area (Å²) in [6, 6.07) is 10.3. The van der Waals surface area contributed by atoms with Crippen molar-refractivity contribution in [3.8, 4) is 9.94 Å². The molecule has 1 saturated heterocycles. The van der Waals surface area contributed by atoms with Gasteiger partial charge in [0.05, 0.1) is 52.9 Å². The molecule has 1 aromatic rings. The fourth-order valence-electron chi connectivity index (χ4n) is 1.43. The standard InChI is InChI=1S/C8H16O4.C7H8.C2F2N2Se/c1-2-10-5-6-12-8-7-11-4-3-9-1;1-7-5-3-2-4-6-7;3-7(4,1-5)2-6/h1-8H2;2-6H,1H3;. The number of nitriles is 2. The molecule has 6 nitrogen and oxygen atoms in total. The van der Waals surface area contributed by atoms with Crippen LogP contribution in [0.2, 0.25) is 0 Å². The number of rotatable bonds is 0. The summed E-state index contributed by atoms with van der Waals surface area (Å²) in [5, 5.41) is 14.9. The van der Waals surface area contributed by atoms with Crippen molar-refractivity contribution in [2.75, 3.05) is 52.9 Å². The molecule has 0 N–H and O–H groups in total. The van der Waals surface area contributed by atoms with Gasteiger partial charge in [0.25, 0.3) is 0 Å². The van der Waals surface area contributed by atoms with Gasteiger partial charge in [-0.3, -0.25) is 0 Å². The zero-order chi connectivity index (χ0) is 19.5. The molecule has 1 aromatic carbocycles. The van der Waals surface area contributed by atoms with Crippen LogP contribution in [0.15, 0.2) is 30.3 Å². The quantitative estimate of drug-likeness (QED) is 0.580. The molecule has 1 heterocycles. The Hall–Kier alpha value is -1.58. The predicted octanol–water partition coefficient (Wildman–Crippen LogP) is 2.55. The predicted molar refractivity (Wildman–Crippen MR) is 93.7 cm³/mol. The van der Waals surface area contributed by atoms with Crippen molar-refractivity contribution in [3.63, 3.8) is 0 Å². The Bertz CT molecular complexity index is 477. The van der Waals surface area contributed by atoms with Crippen molar-refractivity contribution in [2.24, 2.45) is 0 Å². The average Bonchev–Trinajstić information content (AvgIpc) is 2.64. The summed E-state index contributed by atoms with van der Waals surface area (Å²) in [5.41, 5.74) is 1.32. The van der Waals surface area contributed by atoms with Gasteiger partial charge in [0.15, 0.2) is 0 Å². The van der Waals surface area contributed by atoms with E-state index in [2.05, 4.69) is 19.1 Å². The summed E-state index contributed by atoms with van der Waals surface area (Å²) in [6.07, 6.45) is 0. The minimum absolute atomic E-state index is 0.642. The fourth-order valence-corrected chi connectivity index (χ4v) is 1.52.